The Balaban J connectivity index is 1.70. The van der Waals surface area contributed by atoms with Crippen LogP contribution in [0.2, 0.25) is 0 Å². The Morgan fingerprint density at radius 3 is 2.63 bits per heavy atom. The fraction of sp³-hybridized carbons (Fsp3) is 0.263. The van der Waals surface area contributed by atoms with Gasteiger partial charge in [-0.1, -0.05) is 12.1 Å². The molecule has 2 amide bonds. The number of para-hydroxylation sites is 2. The van der Waals surface area contributed by atoms with E-state index in [1.54, 1.807) is 17.0 Å². The van der Waals surface area contributed by atoms with Gasteiger partial charge in [0.1, 0.15) is 5.75 Å². The van der Waals surface area contributed by atoms with Crippen molar-refractivity contribution in [3.05, 3.63) is 58.6 Å². The van der Waals surface area contributed by atoms with Gasteiger partial charge in [0, 0.05) is 30.8 Å². The average molecular weight is 369 g/mol. The molecule has 0 spiro atoms. The molecule has 3 rings (SSSR count). The van der Waals surface area contributed by atoms with Gasteiger partial charge in [0.25, 0.3) is 5.69 Å². The molecule has 140 valence electrons. The molecule has 0 radical (unpaired) electrons. The summed E-state index contributed by atoms with van der Waals surface area (Å²) >= 11 is 0. The second-order valence-corrected chi connectivity index (χ2v) is 6.10. The lowest BCUT2D eigenvalue weighted by Crippen LogP contribution is -2.28. The SMILES string of the molecule is CCOc1ccccc1N1C[C@H](C(=O)Nc2ccc([N+](=O)[O-])cc2)CC1=O. The summed E-state index contributed by atoms with van der Waals surface area (Å²) in [4.78, 5) is 36.7. The predicted octanol–water partition coefficient (Wildman–Crippen LogP) is 2.99. The molecule has 0 aliphatic carbocycles. The van der Waals surface area contributed by atoms with Gasteiger partial charge in [-0.2, -0.15) is 0 Å². The summed E-state index contributed by atoms with van der Waals surface area (Å²) in [6, 6.07) is 12.8. The molecule has 27 heavy (non-hydrogen) atoms. The van der Waals surface area contributed by atoms with E-state index >= 15 is 0 Å². The van der Waals surface area contributed by atoms with Crippen LogP contribution in [0.15, 0.2) is 48.5 Å². The fourth-order valence-corrected chi connectivity index (χ4v) is 2.98. The highest BCUT2D eigenvalue weighted by atomic mass is 16.6. The van der Waals surface area contributed by atoms with Gasteiger partial charge in [-0.3, -0.25) is 19.7 Å². The highest BCUT2D eigenvalue weighted by Gasteiger charge is 2.36. The zero-order valence-corrected chi connectivity index (χ0v) is 14.8. The molecule has 2 aromatic rings. The quantitative estimate of drug-likeness (QED) is 0.623. The molecule has 1 fully saturated rings. The number of nitrogens with one attached hydrogen (secondary N) is 1. The van der Waals surface area contributed by atoms with Crippen molar-refractivity contribution in [1.82, 2.24) is 0 Å². The lowest BCUT2D eigenvalue weighted by molar-refractivity contribution is -0.384. The van der Waals surface area contributed by atoms with Crippen LogP contribution < -0.4 is 15.0 Å². The van der Waals surface area contributed by atoms with Gasteiger partial charge in [-0.25, -0.2) is 0 Å². The van der Waals surface area contributed by atoms with Crippen molar-refractivity contribution in [2.75, 3.05) is 23.4 Å². The summed E-state index contributed by atoms with van der Waals surface area (Å²) in [5.74, 6) is -0.355. The van der Waals surface area contributed by atoms with E-state index in [0.717, 1.165) is 0 Å². The molecular formula is C19H19N3O5. The van der Waals surface area contributed by atoms with Gasteiger partial charge in [-0.05, 0) is 31.2 Å². The third-order valence-electron chi connectivity index (χ3n) is 4.30. The predicted molar refractivity (Wildman–Crippen MR) is 99.8 cm³/mol. The van der Waals surface area contributed by atoms with Crippen molar-refractivity contribution in [1.29, 1.82) is 0 Å². The van der Waals surface area contributed by atoms with E-state index in [9.17, 15) is 19.7 Å². The number of anilines is 2. The second-order valence-electron chi connectivity index (χ2n) is 6.10. The molecule has 1 N–H and O–H groups in total. The molecule has 8 heteroatoms. The molecule has 2 aromatic carbocycles. The number of ether oxygens (including phenoxy) is 1. The minimum Gasteiger partial charge on any atom is -0.492 e. The monoisotopic (exact) mass is 369 g/mol. The average Bonchev–Trinajstić information content (AvgIpc) is 3.05. The van der Waals surface area contributed by atoms with Crippen molar-refractivity contribution in [3.63, 3.8) is 0 Å². The van der Waals surface area contributed by atoms with Crippen LogP contribution in [0.25, 0.3) is 0 Å². The number of nitro benzene ring substituents is 1. The first-order valence-corrected chi connectivity index (χ1v) is 8.57. The number of carbonyl (C=O) groups excluding carboxylic acids is 2. The number of hydrogen-bond acceptors (Lipinski definition) is 5. The van der Waals surface area contributed by atoms with E-state index in [1.807, 2.05) is 19.1 Å². The van der Waals surface area contributed by atoms with Gasteiger partial charge in [-0.15, -0.1) is 0 Å². The number of nitrogens with zero attached hydrogens (tertiary/aromatic N) is 2. The summed E-state index contributed by atoms with van der Waals surface area (Å²) in [6.45, 7) is 2.59. The largest absolute Gasteiger partial charge is 0.492 e. The van der Waals surface area contributed by atoms with E-state index in [0.29, 0.717) is 23.7 Å². The Morgan fingerprint density at radius 2 is 1.96 bits per heavy atom. The normalized spacial score (nSPS) is 16.3. The zero-order chi connectivity index (χ0) is 19.4. The van der Waals surface area contributed by atoms with Crippen LogP contribution in [0, 0.1) is 16.0 Å². The third kappa shape index (κ3) is 4.05. The van der Waals surface area contributed by atoms with Crippen molar-refractivity contribution in [2.45, 2.75) is 13.3 Å². The number of amides is 2. The number of benzene rings is 2. The first-order chi connectivity index (χ1) is 13.0. The topological polar surface area (TPSA) is 102 Å². The minimum absolute atomic E-state index is 0.0530. The smallest absolute Gasteiger partial charge is 0.269 e. The molecule has 0 aromatic heterocycles. The van der Waals surface area contributed by atoms with Crippen LogP contribution in [0.3, 0.4) is 0 Å². The summed E-state index contributed by atoms with van der Waals surface area (Å²) in [6.07, 6.45) is 0.0965. The highest BCUT2D eigenvalue weighted by Crippen LogP contribution is 2.33. The molecule has 8 nitrogen and oxygen atoms in total. The van der Waals surface area contributed by atoms with E-state index in [4.69, 9.17) is 4.74 Å². The number of rotatable bonds is 6. The molecular weight excluding hydrogens is 350 g/mol. The molecule has 1 heterocycles. The number of non-ortho nitro benzene ring substituents is 1. The molecule has 1 saturated heterocycles. The van der Waals surface area contributed by atoms with E-state index < -0.39 is 10.8 Å². The molecule has 1 aliphatic rings. The second kappa shape index (κ2) is 7.86. The van der Waals surface area contributed by atoms with Crippen LogP contribution in [0.5, 0.6) is 5.75 Å². The van der Waals surface area contributed by atoms with Crippen LogP contribution in [-0.4, -0.2) is 29.9 Å². The maximum Gasteiger partial charge on any atom is 0.269 e. The van der Waals surface area contributed by atoms with Gasteiger partial charge >= 0.3 is 0 Å². The summed E-state index contributed by atoms with van der Waals surface area (Å²) in [5, 5.41) is 13.4. The van der Waals surface area contributed by atoms with Crippen LogP contribution in [0.1, 0.15) is 13.3 Å². The molecule has 0 bridgehead atoms. The van der Waals surface area contributed by atoms with Gasteiger partial charge in [0.15, 0.2) is 0 Å². The zero-order valence-electron chi connectivity index (χ0n) is 14.8. The Hall–Kier alpha value is -3.42. The van der Waals surface area contributed by atoms with Crippen LogP contribution >= 0.6 is 0 Å². The first-order valence-electron chi connectivity index (χ1n) is 8.57. The number of carbonyl (C=O) groups is 2. The fourth-order valence-electron chi connectivity index (χ4n) is 2.98. The minimum atomic E-state index is -0.512. The maximum atomic E-state index is 12.5. The van der Waals surface area contributed by atoms with E-state index in [-0.39, 0.29) is 30.5 Å². The lowest BCUT2D eigenvalue weighted by Gasteiger charge is -2.20. The molecule has 1 aliphatic heterocycles. The van der Waals surface area contributed by atoms with Crippen LogP contribution in [0.4, 0.5) is 17.1 Å². The van der Waals surface area contributed by atoms with Gasteiger partial charge in [0.2, 0.25) is 11.8 Å². The van der Waals surface area contributed by atoms with Crippen molar-refractivity contribution >= 4 is 28.9 Å². The van der Waals surface area contributed by atoms with Crippen molar-refractivity contribution in [2.24, 2.45) is 5.92 Å². The maximum absolute atomic E-state index is 12.5. The number of hydrogen-bond donors (Lipinski definition) is 1. The Labute approximate surface area is 155 Å². The van der Waals surface area contributed by atoms with Gasteiger partial charge < -0.3 is 15.0 Å². The Kier molecular flexibility index (Phi) is 5.35. The summed E-state index contributed by atoms with van der Waals surface area (Å²) in [7, 11) is 0. The lowest BCUT2D eigenvalue weighted by atomic mass is 10.1. The summed E-state index contributed by atoms with van der Waals surface area (Å²) in [5.41, 5.74) is 1.05. The third-order valence-corrected chi connectivity index (χ3v) is 4.30. The standard InChI is InChI=1S/C19H19N3O5/c1-2-27-17-6-4-3-5-16(17)21-12-13(11-18(21)23)19(24)20-14-7-9-15(10-8-14)22(25)26/h3-10,13H,2,11-12H2,1H3,(H,20,24)/t13-/m1/s1. The summed E-state index contributed by atoms with van der Waals surface area (Å²) < 4.78 is 5.57. The highest BCUT2D eigenvalue weighted by molar-refractivity contribution is 6.04. The Bertz CT molecular complexity index is 866. The Morgan fingerprint density at radius 1 is 1.26 bits per heavy atom. The van der Waals surface area contributed by atoms with E-state index in [2.05, 4.69) is 5.32 Å². The van der Waals surface area contributed by atoms with Gasteiger partial charge in [0.05, 0.1) is 23.1 Å². The first kappa shape index (κ1) is 18.4. The molecule has 0 saturated carbocycles. The molecule has 1 atom stereocenters. The molecule has 0 unspecified atom stereocenters. The van der Waals surface area contributed by atoms with Crippen LogP contribution in [-0.2, 0) is 9.59 Å². The van der Waals surface area contributed by atoms with Crippen molar-refractivity contribution in [3.8, 4) is 5.75 Å². The van der Waals surface area contributed by atoms with E-state index in [1.165, 1.54) is 24.3 Å². The number of nitro groups is 1. The van der Waals surface area contributed by atoms with Crippen molar-refractivity contribution < 1.29 is 19.2 Å².